The van der Waals surface area contributed by atoms with Crippen LogP contribution < -0.4 is 9.47 Å². The number of amides is 1. The maximum absolute atomic E-state index is 12.4. The molecule has 5 heteroatoms. The number of nitrogens with zero attached hydrogens (tertiary/aromatic N) is 2. The third-order valence-electron chi connectivity index (χ3n) is 3.85. The molecule has 1 aliphatic heterocycles. The van der Waals surface area contributed by atoms with Crippen molar-refractivity contribution in [2.75, 3.05) is 39.8 Å². The molecule has 1 fully saturated rings. The molecule has 1 heterocycles. The van der Waals surface area contributed by atoms with Crippen LogP contribution in [0.5, 0.6) is 11.5 Å². The molecule has 0 radical (unpaired) electrons. The summed E-state index contributed by atoms with van der Waals surface area (Å²) >= 11 is 0. The zero-order valence-electron chi connectivity index (χ0n) is 13.0. The first kappa shape index (κ1) is 15.6. The van der Waals surface area contributed by atoms with Gasteiger partial charge >= 0.3 is 0 Å². The standard InChI is InChI=1S/C16H24N2O3/c1-4-17-9-11-18(12-10-17)16(19)13(2)21-15-8-6-5-7-14(15)20-3/h5-8,13H,4,9-12H2,1-3H3. The van der Waals surface area contributed by atoms with Gasteiger partial charge in [0.15, 0.2) is 17.6 Å². The molecule has 1 atom stereocenters. The van der Waals surface area contributed by atoms with E-state index >= 15 is 0 Å². The van der Waals surface area contributed by atoms with Gasteiger partial charge in [-0.15, -0.1) is 0 Å². The lowest BCUT2D eigenvalue weighted by atomic mass is 10.2. The largest absolute Gasteiger partial charge is 0.493 e. The van der Waals surface area contributed by atoms with Crippen molar-refractivity contribution in [1.82, 2.24) is 9.80 Å². The lowest BCUT2D eigenvalue weighted by molar-refractivity contribution is -0.139. The molecule has 116 valence electrons. The monoisotopic (exact) mass is 292 g/mol. The lowest BCUT2D eigenvalue weighted by Crippen LogP contribution is -2.51. The third kappa shape index (κ3) is 3.88. The maximum Gasteiger partial charge on any atom is 0.263 e. The zero-order chi connectivity index (χ0) is 15.2. The van der Waals surface area contributed by atoms with Crippen LogP contribution in [0.4, 0.5) is 0 Å². The van der Waals surface area contributed by atoms with E-state index in [0.29, 0.717) is 11.5 Å². The molecule has 1 saturated heterocycles. The highest BCUT2D eigenvalue weighted by Crippen LogP contribution is 2.27. The Morgan fingerprint density at radius 2 is 1.81 bits per heavy atom. The van der Waals surface area contributed by atoms with Crippen LogP contribution >= 0.6 is 0 Å². The van der Waals surface area contributed by atoms with E-state index in [4.69, 9.17) is 9.47 Å². The maximum atomic E-state index is 12.4. The number of hydrogen-bond donors (Lipinski definition) is 0. The van der Waals surface area contributed by atoms with Crippen LogP contribution in [0.3, 0.4) is 0 Å². The third-order valence-corrected chi connectivity index (χ3v) is 3.85. The Hall–Kier alpha value is -1.75. The number of ether oxygens (including phenoxy) is 2. The fourth-order valence-corrected chi connectivity index (χ4v) is 2.50. The molecule has 1 aliphatic rings. The van der Waals surface area contributed by atoms with Crippen LogP contribution in [-0.4, -0.2) is 61.6 Å². The fourth-order valence-electron chi connectivity index (χ4n) is 2.50. The number of piperazine rings is 1. The van der Waals surface area contributed by atoms with E-state index < -0.39 is 6.10 Å². The molecular weight excluding hydrogens is 268 g/mol. The van der Waals surface area contributed by atoms with E-state index in [1.807, 2.05) is 29.2 Å². The van der Waals surface area contributed by atoms with Gasteiger partial charge in [0.05, 0.1) is 7.11 Å². The quantitative estimate of drug-likeness (QED) is 0.827. The molecule has 0 saturated carbocycles. The molecule has 0 bridgehead atoms. The summed E-state index contributed by atoms with van der Waals surface area (Å²) < 4.78 is 11.0. The van der Waals surface area contributed by atoms with Gasteiger partial charge in [0.25, 0.3) is 5.91 Å². The van der Waals surface area contributed by atoms with Crippen LogP contribution in [0.2, 0.25) is 0 Å². The highest BCUT2D eigenvalue weighted by Gasteiger charge is 2.26. The Balaban J connectivity index is 1.94. The van der Waals surface area contributed by atoms with Crippen LogP contribution in [0.25, 0.3) is 0 Å². The number of carbonyl (C=O) groups is 1. The minimum absolute atomic E-state index is 0.0386. The number of rotatable bonds is 5. The highest BCUT2D eigenvalue weighted by molar-refractivity contribution is 5.81. The van der Waals surface area contributed by atoms with Gasteiger partial charge in [-0.05, 0) is 25.6 Å². The second-order valence-electron chi connectivity index (χ2n) is 5.17. The van der Waals surface area contributed by atoms with E-state index in [0.717, 1.165) is 32.7 Å². The summed E-state index contributed by atoms with van der Waals surface area (Å²) in [6.07, 6.45) is -0.505. The minimum atomic E-state index is -0.505. The van der Waals surface area contributed by atoms with Gasteiger partial charge in [-0.1, -0.05) is 19.1 Å². The summed E-state index contributed by atoms with van der Waals surface area (Å²) in [6, 6.07) is 7.39. The Bertz CT molecular complexity index is 470. The molecule has 0 aromatic heterocycles. The molecule has 0 N–H and O–H groups in total. The predicted octanol–water partition coefficient (Wildman–Crippen LogP) is 1.63. The van der Waals surface area contributed by atoms with E-state index in [2.05, 4.69) is 11.8 Å². The van der Waals surface area contributed by atoms with Crippen molar-refractivity contribution in [3.05, 3.63) is 24.3 Å². The SMILES string of the molecule is CCN1CCN(C(=O)C(C)Oc2ccccc2OC)CC1. The van der Waals surface area contributed by atoms with Crippen LogP contribution in [0, 0.1) is 0 Å². The number of para-hydroxylation sites is 2. The average molecular weight is 292 g/mol. The van der Waals surface area contributed by atoms with Gasteiger partial charge in [-0.3, -0.25) is 4.79 Å². The molecule has 0 spiro atoms. The van der Waals surface area contributed by atoms with Gasteiger partial charge in [0.1, 0.15) is 0 Å². The average Bonchev–Trinajstić information content (AvgIpc) is 2.54. The van der Waals surface area contributed by atoms with Gasteiger partial charge in [0, 0.05) is 26.2 Å². The molecule has 1 aromatic carbocycles. The molecule has 2 rings (SSSR count). The van der Waals surface area contributed by atoms with Crippen LogP contribution in [-0.2, 0) is 4.79 Å². The lowest BCUT2D eigenvalue weighted by Gasteiger charge is -2.35. The van der Waals surface area contributed by atoms with Crippen molar-refractivity contribution in [2.24, 2.45) is 0 Å². The van der Waals surface area contributed by atoms with E-state index in [1.54, 1.807) is 14.0 Å². The molecule has 1 unspecified atom stereocenters. The van der Waals surface area contributed by atoms with Crippen molar-refractivity contribution in [1.29, 1.82) is 0 Å². The normalized spacial score (nSPS) is 17.4. The zero-order valence-corrected chi connectivity index (χ0v) is 13.0. The summed E-state index contributed by atoms with van der Waals surface area (Å²) in [6.45, 7) is 8.38. The molecule has 1 amide bonds. The van der Waals surface area contributed by atoms with Crippen molar-refractivity contribution in [3.63, 3.8) is 0 Å². The molecule has 21 heavy (non-hydrogen) atoms. The van der Waals surface area contributed by atoms with Crippen LogP contribution in [0.1, 0.15) is 13.8 Å². The van der Waals surface area contributed by atoms with Crippen molar-refractivity contribution < 1.29 is 14.3 Å². The Morgan fingerprint density at radius 1 is 1.19 bits per heavy atom. The Morgan fingerprint density at radius 3 is 2.38 bits per heavy atom. The first-order chi connectivity index (χ1) is 10.2. The number of benzene rings is 1. The first-order valence-corrected chi connectivity index (χ1v) is 7.46. The molecule has 0 aliphatic carbocycles. The van der Waals surface area contributed by atoms with Gasteiger partial charge in [0.2, 0.25) is 0 Å². The van der Waals surface area contributed by atoms with E-state index in [1.165, 1.54) is 0 Å². The first-order valence-electron chi connectivity index (χ1n) is 7.46. The van der Waals surface area contributed by atoms with Crippen molar-refractivity contribution in [3.8, 4) is 11.5 Å². The van der Waals surface area contributed by atoms with Crippen molar-refractivity contribution >= 4 is 5.91 Å². The van der Waals surface area contributed by atoms with E-state index in [-0.39, 0.29) is 5.91 Å². The number of methoxy groups -OCH3 is 1. The molecule has 1 aromatic rings. The summed E-state index contributed by atoms with van der Waals surface area (Å²) in [5.74, 6) is 1.29. The van der Waals surface area contributed by atoms with Gasteiger partial charge < -0.3 is 19.3 Å². The fraction of sp³-hybridized carbons (Fsp3) is 0.562. The Kier molecular flexibility index (Phi) is 5.44. The molecular formula is C16H24N2O3. The van der Waals surface area contributed by atoms with Crippen molar-refractivity contribution in [2.45, 2.75) is 20.0 Å². The Labute approximate surface area is 126 Å². The second-order valence-corrected chi connectivity index (χ2v) is 5.17. The predicted molar refractivity (Wildman–Crippen MR) is 81.8 cm³/mol. The second kappa shape index (κ2) is 7.31. The minimum Gasteiger partial charge on any atom is -0.493 e. The number of carbonyl (C=O) groups excluding carboxylic acids is 1. The number of likely N-dealkylation sites (N-methyl/N-ethyl adjacent to an activating group) is 1. The molecule has 5 nitrogen and oxygen atoms in total. The van der Waals surface area contributed by atoms with Gasteiger partial charge in [-0.2, -0.15) is 0 Å². The summed E-state index contributed by atoms with van der Waals surface area (Å²) in [4.78, 5) is 16.7. The summed E-state index contributed by atoms with van der Waals surface area (Å²) in [7, 11) is 1.60. The van der Waals surface area contributed by atoms with Gasteiger partial charge in [-0.25, -0.2) is 0 Å². The number of hydrogen-bond acceptors (Lipinski definition) is 4. The summed E-state index contributed by atoms with van der Waals surface area (Å²) in [5.41, 5.74) is 0. The topological polar surface area (TPSA) is 42.0 Å². The van der Waals surface area contributed by atoms with Crippen LogP contribution in [0.15, 0.2) is 24.3 Å². The summed E-state index contributed by atoms with van der Waals surface area (Å²) in [5, 5.41) is 0. The smallest absolute Gasteiger partial charge is 0.263 e. The van der Waals surface area contributed by atoms with E-state index in [9.17, 15) is 4.79 Å². The highest BCUT2D eigenvalue weighted by atomic mass is 16.5.